The second-order valence-corrected chi connectivity index (χ2v) is 10.2. The number of fused-ring (bicyclic) bond motifs is 2. The third-order valence-corrected chi connectivity index (χ3v) is 7.98. The zero-order valence-corrected chi connectivity index (χ0v) is 22.4. The number of ether oxygens (including phenoxy) is 5. The number of rotatable bonds is 9. The first kappa shape index (κ1) is 26.3. The third-order valence-electron chi connectivity index (χ3n) is 7.98. The van der Waals surface area contributed by atoms with Crippen LogP contribution in [0.1, 0.15) is 28.4 Å². The molecule has 2 aliphatic rings. The fraction of sp³-hybridized carbons (Fsp3) is 0.273. The highest BCUT2D eigenvalue weighted by Crippen LogP contribution is 2.51. The van der Waals surface area contributed by atoms with E-state index in [0.29, 0.717) is 5.56 Å². The average Bonchev–Trinajstić information content (AvgIpc) is 3.47. The van der Waals surface area contributed by atoms with Gasteiger partial charge in [-0.25, -0.2) is 0 Å². The van der Waals surface area contributed by atoms with Crippen LogP contribution in [0.4, 0.5) is 0 Å². The molecule has 0 saturated carbocycles. The zero-order chi connectivity index (χ0) is 27.7. The minimum absolute atomic E-state index is 0.0295. The molecular weight excluding hydrogens is 508 g/mol. The van der Waals surface area contributed by atoms with Crippen molar-refractivity contribution in [3.8, 4) is 17.2 Å². The molecular formula is C33H32O7. The lowest BCUT2D eigenvalue weighted by Gasteiger charge is -2.39. The molecule has 4 atom stereocenters. The summed E-state index contributed by atoms with van der Waals surface area (Å²) in [6.07, 6.45) is -2.19. The second-order valence-electron chi connectivity index (χ2n) is 10.2. The van der Waals surface area contributed by atoms with E-state index in [1.807, 2.05) is 84.9 Å². The maximum absolute atomic E-state index is 11.4. The van der Waals surface area contributed by atoms with Crippen molar-refractivity contribution in [2.75, 3.05) is 27.4 Å². The van der Waals surface area contributed by atoms with Gasteiger partial charge in [0.2, 0.25) is 0 Å². The molecule has 0 unspecified atom stereocenters. The van der Waals surface area contributed by atoms with Crippen molar-refractivity contribution in [1.82, 2.24) is 0 Å². The number of para-hydroxylation sites is 1. The molecule has 0 aliphatic carbocycles. The molecule has 0 aromatic heterocycles. The quantitative estimate of drug-likeness (QED) is 0.289. The van der Waals surface area contributed by atoms with E-state index in [0.717, 1.165) is 28.2 Å². The summed E-state index contributed by atoms with van der Waals surface area (Å²) in [5.74, 6) is 1.55. The molecule has 2 aliphatic heterocycles. The molecule has 2 heterocycles. The first-order valence-electron chi connectivity index (χ1n) is 13.2. The van der Waals surface area contributed by atoms with Gasteiger partial charge in [-0.1, -0.05) is 72.8 Å². The largest absolute Gasteiger partial charge is 0.508 e. The predicted molar refractivity (Wildman–Crippen MR) is 149 cm³/mol. The smallest absolute Gasteiger partial charge is 0.144 e. The SMILES string of the molecule is COc1ccc(C(OC[C@@]23CO[C@@H]([C@H](c4ccccc4O)O2)[C@@H]3O)(c2ccccc2)c2ccc(OC)cc2)cc1. The molecule has 7 nitrogen and oxygen atoms in total. The van der Waals surface area contributed by atoms with E-state index in [2.05, 4.69) is 0 Å². The van der Waals surface area contributed by atoms with Gasteiger partial charge in [-0.15, -0.1) is 0 Å². The summed E-state index contributed by atoms with van der Waals surface area (Å²) in [7, 11) is 3.27. The summed E-state index contributed by atoms with van der Waals surface area (Å²) in [6.45, 7) is 0.195. The van der Waals surface area contributed by atoms with Crippen LogP contribution in [0.15, 0.2) is 103 Å². The topological polar surface area (TPSA) is 86.6 Å². The molecule has 2 saturated heterocycles. The van der Waals surface area contributed by atoms with E-state index in [4.69, 9.17) is 23.7 Å². The van der Waals surface area contributed by atoms with Gasteiger partial charge in [-0.05, 0) is 47.0 Å². The van der Waals surface area contributed by atoms with Gasteiger partial charge < -0.3 is 33.9 Å². The summed E-state index contributed by atoms with van der Waals surface area (Å²) in [5, 5.41) is 21.9. The maximum atomic E-state index is 11.4. The Labute approximate surface area is 233 Å². The Morgan fingerprint density at radius 2 is 1.32 bits per heavy atom. The van der Waals surface area contributed by atoms with Gasteiger partial charge in [0.15, 0.2) is 0 Å². The van der Waals surface area contributed by atoms with E-state index in [1.54, 1.807) is 32.4 Å². The van der Waals surface area contributed by atoms with Crippen LogP contribution in [0.25, 0.3) is 0 Å². The number of aliphatic hydroxyl groups excluding tert-OH is 1. The molecule has 2 fully saturated rings. The van der Waals surface area contributed by atoms with Gasteiger partial charge in [0.1, 0.15) is 46.8 Å². The lowest BCUT2D eigenvalue weighted by Crippen LogP contribution is -2.48. The van der Waals surface area contributed by atoms with E-state index in [-0.39, 0.29) is 19.0 Å². The van der Waals surface area contributed by atoms with E-state index < -0.39 is 29.5 Å². The number of methoxy groups -OCH3 is 2. The fourth-order valence-electron chi connectivity index (χ4n) is 5.82. The minimum Gasteiger partial charge on any atom is -0.508 e. The maximum Gasteiger partial charge on any atom is 0.144 e. The molecule has 6 rings (SSSR count). The van der Waals surface area contributed by atoms with Crippen LogP contribution in [-0.2, 0) is 19.8 Å². The van der Waals surface area contributed by atoms with Crippen LogP contribution in [0.5, 0.6) is 17.2 Å². The zero-order valence-electron chi connectivity index (χ0n) is 22.4. The van der Waals surface area contributed by atoms with Crippen molar-refractivity contribution in [3.05, 3.63) is 125 Å². The van der Waals surface area contributed by atoms with Gasteiger partial charge in [-0.2, -0.15) is 0 Å². The third kappa shape index (κ3) is 4.32. The summed E-state index contributed by atoms with van der Waals surface area (Å²) in [6, 6.07) is 32.5. The van der Waals surface area contributed by atoms with Crippen molar-refractivity contribution < 1.29 is 33.9 Å². The Bertz CT molecular complexity index is 1390. The molecule has 4 aromatic rings. The number of aromatic hydroxyl groups is 1. The van der Waals surface area contributed by atoms with Crippen molar-refractivity contribution in [2.24, 2.45) is 0 Å². The number of phenolic OH excluding ortho intramolecular Hbond substituents is 1. The summed E-state index contributed by atoms with van der Waals surface area (Å²) in [5.41, 5.74) is 1.04. The highest BCUT2D eigenvalue weighted by molar-refractivity contribution is 5.50. The Morgan fingerprint density at radius 1 is 0.775 bits per heavy atom. The molecule has 40 heavy (non-hydrogen) atoms. The first-order chi connectivity index (χ1) is 19.5. The summed E-state index contributed by atoms with van der Waals surface area (Å²) >= 11 is 0. The number of benzene rings is 4. The number of phenols is 1. The predicted octanol–water partition coefficient (Wildman–Crippen LogP) is 4.99. The molecule has 0 radical (unpaired) electrons. The Balaban J connectivity index is 1.44. The van der Waals surface area contributed by atoms with Crippen molar-refractivity contribution >= 4 is 0 Å². The van der Waals surface area contributed by atoms with Gasteiger partial charge in [-0.3, -0.25) is 0 Å². The Hall–Kier alpha value is -3.88. The summed E-state index contributed by atoms with van der Waals surface area (Å²) in [4.78, 5) is 0. The Kier molecular flexibility index (Phi) is 6.98. The first-order valence-corrected chi connectivity index (χ1v) is 13.2. The van der Waals surface area contributed by atoms with E-state index >= 15 is 0 Å². The molecule has 2 N–H and O–H groups in total. The van der Waals surface area contributed by atoms with Gasteiger partial charge in [0.25, 0.3) is 0 Å². The minimum atomic E-state index is -1.13. The molecule has 7 heteroatoms. The molecule has 206 valence electrons. The highest BCUT2D eigenvalue weighted by Gasteiger charge is 2.62. The monoisotopic (exact) mass is 540 g/mol. The van der Waals surface area contributed by atoms with Crippen molar-refractivity contribution in [2.45, 2.75) is 29.5 Å². The van der Waals surface area contributed by atoms with Gasteiger partial charge in [0.05, 0.1) is 27.4 Å². The highest BCUT2D eigenvalue weighted by atomic mass is 16.7. The number of hydrogen-bond donors (Lipinski definition) is 2. The number of hydrogen-bond acceptors (Lipinski definition) is 7. The number of aliphatic hydroxyl groups is 1. The fourth-order valence-corrected chi connectivity index (χ4v) is 5.82. The van der Waals surface area contributed by atoms with E-state index in [1.165, 1.54) is 0 Å². The standard InChI is InChI=1S/C33H32O7/c1-36-25-16-12-23(13-17-25)33(22-8-4-3-5-9-22,24-14-18-26(37-2)19-15-24)39-21-32-20-38-30(31(32)35)29(40-32)27-10-6-7-11-28(27)34/h3-19,29-31,34-35H,20-21H2,1-2H3/t29-,30-,31-,32+/m0/s1. The molecule has 2 bridgehead atoms. The van der Waals surface area contributed by atoms with Gasteiger partial charge >= 0.3 is 0 Å². The molecule has 0 amide bonds. The van der Waals surface area contributed by atoms with Crippen LogP contribution in [0.3, 0.4) is 0 Å². The van der Waals surface area contributed by atoms with E-state index in [9.17, 15) is 10.2 Å². The molecule has 0 spiro atoms. The Morgan fingerprint density at radius 3 is 1.90 bits per heavy atom. The van der Waals surface area contributed by atoms with Crippen LogP contribution < -0.4 is 9.47 Å². The second kappa shape index (κ2) is 10.6. The normalized spacial score (nSPS) is 23.7. The molecule has 4 aromatic carbocycles. The van der Waals surface area contributed by atoms with Gasteiger partial charge in [0, 0.05) is 5.56 Å². The van der Waals surface area contributed by atoms with Crippen LogP contribution in [0.2, 0.25) is 0 Å². The lowest BCUT2D eigenvalue weighted by molar-refractivity contribution is -0.185. The van der Waals surface area contributed by atoms with Crippen LogP contribution in [0, 0.1) is 0 Å². The lowest BCUT2D eigenvalue weighted by atomic mass is 9.79. The average molecular weight is 541 g/mol. The van der Waals surface area contributed by atoms with Crippen molar-refractivity contribution in [1.29, 1.82) is 0 Å². The van der Waals surface area contributed by atoms with Crippen LogP contribution >= 0.6 is 0 Å². The van der Waals surface area contributed by atoms with Crippen molar-refractivity contribution in [3.63, 3.8) is 0 Å². The summed E-state index contributed by atoms with van der Waals surface area (Å²) < 4.78 is 30.4. The van der Waals surface area contributed by atoms with Crippen LogP contribution in [-0.4, -0.2) is 55.5 Å².